The Balaban J connectivity index is 2.07. The third kappa shape index (κ3) is 2.44. The van der Waals surface area contributed by atoms with Gasteiger partial charge in [-0.15, -0.1) is 0 Å². The molecule has 0 amide bonds. The summed E-state index contributed by atoms with van der Waals surface area (Å²) in [5, 5.41) is 14.5. The molecule has 1 aliphatic rings. The molecule has 122 valence electrons. The predicted molar refractivity (Wildman–Crippen MR) is 67.1 cm³/mol. The Labute approximate surface area is 129 Å². The van der Waals surface area contributed by atoms with Gasteiger partial charge in [0.15, 0.2) is 11.5 Å². The van der Waals surface area contributed by atoms with E-state index in [1.54, 1.807) is 0 Å². The number of benzene rings is 1. The fraction of sp³-hybridized carbons (Fsp3) is 0.167. The van der Waals surface area contributed by atoms with E-state index in [4.69, 9.17) is 16.7 Å². The molecule has 1 aromatic carbocycles. The second-order valence-electron chi connectivity index (χ2n) is 4.49. The van der Waals surface area contributed by atoms with E-state index >= 15 is 0 Å². The first-order chi connectivity index (χ1) is 10.6. The van der Waals surface area contributed by atoms with Crippen LogP contribution in [0.25, 0.3) is 11.3 Å². The second kappa shape index (κ2) is 4.75. The van der Waals surface area contributed by atoms with E-state index in [1.165, 1.54) is 0 Å². The van der Waals surface area contributed by atoms with Crippen molar-refractivity contribution >= 4 is 17.6 Å². The molecule has 0 atom stereocenters. The number of nitrogens with zero attached hydrogens (tertiary/aromatic N) is 1. The number of aromatic carboxylic acids is 1. The Morgan fingerprint density at radius 2 is 1.70 bits per heavy atom. The van der Waals surface area contributed by atoms with Crippen LogP contribution in [-0.4, -0.2) is 33.5 Å². The van der Waals surface area contributed by atoms with Gasteiger partial charge < -0.3 is 14.6 Å². The molecule has 3 rings (SSSR count). The summed E-state index contributed by atoms with van der Waals surface area (Å²) >= 11 is 5.88. The van der Waals surface area contributed by atoms with Crippen LogP contribution in [0, 0.1) is 0 Å². The summed E-state index contributed by atoms with van der Waals surface area (Å²) in [5.41, 5.74) is -0.277. The fourth-order valence-corrected chi connectivity index (χ4v) is 2.11. The zero-order chi connectivity index (χ0) is 17.0. The highest BCUT2D eigenvalue weighted by molar-refractivity contribution is 6.33. The van der Waals surface area contributed by atoms with Crippen molar-refractivity contribution in [2.75, 3.05) is 0 Å². The van der Waals surface area contributed by atoms with Crippen molar-refractivity contribution in [2.45, 2.75) is 12.2 Å². The minimum absolute atomic E-state index is 0.000509. The maximum Gasteiger partial charge on any atom is 0.507 e. The summed E-state index contributed by atoms with van der Waals surface area (Å²) in [7, 11) is 0. The monoisotopic (exact) mass is 352 g/mol. The molecule has 23 heavy (non-hydrogen) atoms. The number of halogens is 5. The summed E-state index contributed by atoms with van der Waals surface area (Å²) < 4.78 is 60.4. The number of hydrogen-bond acceptors (Lipinski definition) is 4. The van der Waals surface area contributed by atoms with E-state index in [1.807, 2.05) is 0 Å². The van der Waals surface area contributed by atoms with Crippen molar-refractivity contribution in [3.05, 3.63) is 28.9 Å². The van der Waals surface area contributed by atoms with Crippen molar-refractivity contribution in [3.63, 3.8) is 0 Å². The SMILES string of the molecule is O=C(O)c1cc(-c2cc3c(cc2Cl)OC(F)(F)C(F)(F)O3)n[nH]1. The van der Waals surface area contributed by atoms with Crippen molar-refractivity contribution in [3.8, 4) is 22.8 Å². The molecule has 11 heteroatoms. The lowest BCUT2D eigenvalue weighted by Crippen LogP contribution is -2.52. The van der Waals surface area contributed by atoms with E-state index in [0.29, 0.717) is 0 Å². The van der Waals surface area contributed by atoms with Gasteiger partial charge in [-0.05, 0) is 12.1 Å². The molecule has 0 aliphatic carbocycles. The lowest BCUT2D eigenvalue weighted by molar-refractivity contribution is -0.391. The second-order valence-corrected chi connectivity index (χ2v) is 4.90. The third-order valence-corrected chi connectivity index (χ3v) is 3.25. The number of carbonyl (C=O) groups is 1. The van der Waals surface area contributed by atoms with Gasteiger partial charge in [0, 0.05) is 11.6 Å². The van der Waals surface area contributed by atoms with Gasteiger partial charge in [-0.1, -0.05) is 11.6 Å². The molecule has 2 N–H and O–H groups in total. The predicted octanol–water partition coefficient (Wildman–Crippen LogP) is 3.39. The number of carboxylic acids is 1. The van der Waals surface area contributed by atoms with Crippen LogP contribution in [0.4, 0.5) is 17.6 Å². The summed E-state index contributed by atoms with van der Waals surface area (Å²) in [6.45, 7) is 0. The Hall–Kier alpha value is -2.49. The number of aromatic nitrogens is 2. The molecule has 0 radical (unpaired) electrons. The highest BCUT2D eigenvalue weighted by Crippen LogP contribution is 2.49. The van der Waals surface area contributed by atoms with Crippen LogP contribution in [0.15, 0.2) is 18.2 Å². The summed E-state index contributed by atoms with van der Waals surface area (Å²) in [5.74, 6) is -2.66. The van der Waals surface area contributed by atoms with Gasteiger partial charge in [0.05, 0.1) is 10.7 Å². The molecular formula is C12H5ClF4N2O4. The van der Waals surface area contributed by atoms with Crippen LogP contribution in [-0.2, 0) is 0 Å². The van der Waals surface area contributed by atoms with E-state index in [0.717, 1.165) is 18.2 Å². The minimum Gasteiger partial charge on any atom is -0.477 e. The highest BCUT2D eigenvalue weighted by atomic mass is 35.5. The van der Waals surface area contributed by atoms with Crippen LogP contribution in [0.2, 0.25) is 5.02 Å². The zero-order valence-corrected chi connectivity index (χ0v) is 11.5. The van der Waals surface area contributed by atoms with Crippen LogP contribution >= 0.6 is 11.6 Å². The number of H-pyrrole nitrogens is 1. The van der Waals surface area contributed by atoms with Gasteiger partial charge >= 0.3 is 18.2 Å². The lowest BCUT2D eigenvalue weighted by Gasteiger charge is -2.32. The highest BCUT2D eigenvalue weighted by Gasteiger charge is 2.66. The first-order valence-corrected chi connectivity index (χ1v) is 6.25. The maximum absolute atomic E-state index is 13.2. The molecule has 1 aliphatic heterocycles. The number of fused-ring (bicyclic) bond motifs is 1. The van der Waals surface area contributed by atoms with Crippen molar-refractivity contribution in [1.29, 1.82) is 0 Å². The summed E-state index contributed by atoms with van der Waals surface area (Å²) in [4.78, 5) is 10.8. The van der Waals surface area contributed by atoms with Gasteiger partial charge in [-0.3, -0.25) is 5.10 Å². The molecule has 0 saturated heterocycles. The normalized spacial score (nSPS) is 17.8. The molecule has 6 nitrogen and oxygen atoms in total. The lowest BCUT2D eigenvalue weighted by atomic mass is 10.1. The molecule has 0 unspecified atom stereocenters. The van der Waals surface area contributed by atoms with Crippen LogP contribution in [0.3, 0.4) is 0 Å². The Morgan fingerprint density at radius 3 is 2.22 bits per heavy atom. The molecule has 1 aromatic heterocycles. The Morgan fingerprint density at radius 1 is 1.13 bits per heavy atom. The number of ether oxygens (including phenoxy) is 2. The average molecular weight is 353 g/mol. The van der Waals surface area contributed by atoms with Crippen LogP contribution in [0.1, 0.15) is 10.5 Å². The fourth-order valence-electron chi connectivity index (χ4n) is 1.86. The van der Waals surface area contributed by atoms with E-state index in [-0.39, 0.29) is 22.0 Å². The number of carboxylic acid groups (broad SMARTS) is 1. The zero-order valence-electron chi connectivity index (χ0n) is 10.7. The summed E-state index contributed by atoms with van der Waals surface area (Å²) in [6.07, 6.45) is -9.73. The van der Waals surface area contributed by atoms with E-state index in [9.17, 15) is 22.4 Å². The third-order valence-electron chi connectivity index (χ3n) is 2.93. The standard InChI is InChI=1S/C12H5ClF4N2O4/c13-5-2-9-8(22-11(14,15)12(16,17)23-9)1-4(5)6-3-7(10(20)21)19-18-6/h1-3H,(H,18,19)(H,20,21). The number of nitrogens with one attached hydrogen (secondary N) is 1. The van der Waals surface area contributed by atoms with Gasteiger partial charge in [0.25, 0.3) is 0 Å². The molecular weight excluding hydrogens is 348 g/mol. The van der Waals surface area contributed by atoms with Gasteiger partial charge in [0.1, 0.15) is 5.69 Å². The van der Waals surface area contributed by atoms with Crippen molar-refractivity contribution in [2.24, 2.45) is 0 Å². The molecule has 0 spiro atoms. The van der Waals surface area contributed by atoms with E-state index in [2.05, 4.69) is 19.7 Å². The number of rotatable bonds is 2. The first kappa shape index (κ1) is 15.4. The number of aromatic amines is 1. The van der Waals surface area contributed by atoms with E-state index < -0.39 is 29.7 Å². The smallest absolute Gasteiger partial charge is 0.477 e. The summed E-state index contributed by atoms with van der Waals surface area (Å²) in [6, 6.07) is 2.85. The van der Waals surface area contributed by atoms with Crippen LogP contribution in [0.5, 0.6) is 11.5 Å². The van der Waals surface area contributed by atoms with Crippen molar-refractivity contribution in [1.82, 2.24) is 10.2 Å². The number of hydrogen-bond donors (Lipinski definition) is 2. The quantitative estimate of drug-likeness (QED) is 0.809. The van der Waals surface area contributed by atoms with Gasteiger partial charge in [0.2, 0.25) is 0 Å². The molecule has 0 bridgehead atoms. The van der Waals surface area contributed by atoms with Crippen LogP contribution < -0.4 is 9.47 Å². The molecule has 2 aromatic rings. The molecule has 0 fully saturated rings. The average Bonchev–Trinajstić information content (AvgIpc) is 2.89. The number of alkyl halides is 4. The topological polar surface area (TPSA) is 84.4 Å². The molecule has 0 saturated carbocycles. The largest absolute Gasteiger partial charge is 0.507 e. The van der Waals surface area contributed by atoms with Gasteiger partial charge in [-0.2, -0.15) is 22.7 Å². The minimum atomic E-state index is -4.87. The van der Waals surface area contributed by atoms with Crippen molar-refractivity contribution < 1.29 is 36.9 Å². The van der Waals surface area contributed by atoms with Gasteiger partial charge in [-0.25, -0.2) is 4.79 Å². The Kier molecular flexibility index (Phi) is 3.18. The Bertz CT molecular complexity index is 808. The first-order valence-electron chi connectivity index (χ1n) is 5.87. The maximum atomic E-state index is 13.2. The molecule has 2 heterocycles.